The molecule has 1 N–H and O–H groups in total. The summed E-state index contributed by atoms with van der Waals surface area (Å²) in [6.45, 7) is 0. The maximum atomic E-state index is 11.5. The number of carbonyl (C=O) groups excluding carboxylic acids is 1. The minimum atomic E-state index is -0.0857. The van der Waals surface area contributed by atoms with Crippen molar-refractivity contribution >= 4 is 5.78 Å². The van der Waals surface area contributed by atoms with Crippen LogP contribution in [0.25, 0.3) is 0 Å². The van der Waals surface area contributed by atoms with E-state index in [0.717, 1.165) is 5.69 Å². The van der Waals surface area contributed by atoms with Crippen LogP contribution < -0.4 is 0 Å². The van der Waals surface area contributed by atoms with Crippen LogP contribution in [0.15, 0.2) is 30.6 Å². The van der Waals surface area contributed by atoms with Crippen LogP contribution in [0, 0.1) is 0 Å². The van der Waals surface area contributed by atoms with E-state index in [4.69, 9.17) is 0 Å². The third-order valence-corrected chi connectivity index (χ3v) is 1.77. The number of ketones is 1. The molecule has 0 aliphatic rings. The van der Waals surface area contributed by atoms with Gasteiger partial charge in [-0.05, 0) is 12.1 Å². The average molecular weight is 188 g/mol. The second-order valence-electron chi connectivity index (χ2n) is 2.78. The molecule has 14 heavy (non-hydrogen) atoms. The summed E-state index contributed by atoms with van der Waals surface area (Å²) in [6.07, 6.45) is 3.32. The molecule has 0 aromatic carbocycles. The van der Waals surface area contributed by atoms with E-state index >= 15 is 0 Å². The molecule has 0 unspecified atom stereocenters. The zero-order valence-corrected chi connectivity index (χ0v) is 7.34. The lowest BCUT2D eigenvalue weighted by Gasteiger charge is -1.95. The summed E-state index contributed by atoms with van der Waals surface area (Å²) < 4.78 is 0. The quantitative estimate of drug-likeness (QED) is 0.717. The van der Waals surface area contributed by atoms with Gasteiger partial charge in [0.1, 0.15) is 5.69 Å². The second-order valence-corrected chi connectivity index (χ2v) is 2.78. The van der Waals surface area contributed by atoms with E-state index in [-0.39, 0.29) is 12.2 Å². The first-order chi connectivity index (χ1) is 6.86. The van der Waals surface area contributed by atoms with E-state index in [2.05, 4.69) is 20.4 Å². The normalized spacial score (nSPS) is 10.0. The lowest BCUT2D eigenvalue weighted by molar-refractivity contribution is 0.0987. The summed E-state index contributed by atoms with van der Waals surface area (Å²) in [5.74, 6) is -0.0857. The predicted molar refractivity (Wildman–Crippen MR) is 48.7 cm³/mol. The van der Waals surface area contributed by atoms with Gasteiger partial charge in [0.2, 0.25) is 0 Å². The monoisotopic (exact) mass is 188 g/mol. The molecule has 70 valence electrons. The van der Waals surface area contributed by atoms with Crippen LogP contribution in [0.3, 0.4) is 0 Å². The number of hydrogen-bond donors (Lipinski definition) is 1. The minimum absolute atomic E-state index is 0.0857. The summed E-state index contributed by atoms with van der Waals surface area (Å²) >= 11 is 0. The average Bonchev–Trinajstić information content (AvgIpc) is 2.72. The van der Waals surface area contributed by atoms with Gasteiger partial charge in [0.25, 0.3) is 0 Å². The molecule has 0 aliphatic heterocycles. The largest absolute Gasteiger partial charge is 0.292 e. The van der Waals surface area contributed by atoms with Gasteiger partial charge in [-0.1, -0.05) is 6.07 Å². The highest BCUT2D eigenvalue weighted by Crippen LogP contribution is 2.00. The Bertz CT molecular complexity index is 410. The first-order valence-corrected chi connectivity index (χ1v) is 4.15. The maximum absolute atomic E-state index is 11.5. The molecule has 2 aromatic heterocycles. The lowest BCUT2D eigenvalue weighted by Crippen LogP contribution is -2.05. The molecule has 0 atom stereocenters. The van der Waals surface area contributed by atoms with Crippen LogP contribution in [0.2, 0.25) is 0 Å². The van der Waals surface area contributed by atoms with Crippen molar-refractivity contribution in [3.63, 3.8) is 0 Å². The van der Waals surface area contributed by atoms with Crippen LogP contribution >= 0.6 is 0 Å². The van der Waals surface area contributed by atoms with Gasteiger partial charge in [-0.15, -0.1) is 0 Å². The number of carbonyl (C=O) groups is 1. The van der Waals surface area contributed by atoms with E-state index in [1.165, 1.54) is 6.20 Å². The molecule has 2 aromatic rings. The zero-order valence-electron chi connectivity index (χ0n) is 7.34. The molecule has 0 saturated carbocycles. The van der Waals surface area contributed by atoms with Gasteiger partial charge in [0.05, 0.1) is 12.6 Å². The topological polar surface area (TPSA) is 71.5 Å². The zero-order chi connectivity index (χ0) is 9.80. The highest BCUT2D eigenvalue weighted by atomic mass is 16.1. The Hall–Kier alpha value is -2.04. The Morgan fingerprint density at radius 3 is 3.00 bits per heavy atom. The number of rotatable bonds is 3. The highest BCUT2D eigenvalue weighted by Gasteiger charge is 2.09. The van der Waals surface area contributed by atoms with E-state index in [0.29, 0.717) is 5.69 Å². The molecule has 0 spiro atoms. The van der Waals surface area contributed by atoms with Crippen molar-refractivity contribution < 1.29 is 4.79 Å². The molecule has 0 amide bonds. The summed E-state index contributed by atoms with van der Waals surface area (Å²) in [5.41, 5.74) is 1.08. The lowest BCUT2D eigenvalue weighted by atomic mass is 10.1. The van der Waals surface area contributed by atoms with Crippen LogP contribution in [0.5, 0.6) is 0 Å². The van der Waals surface area contributed by atoms with Gasteiger partial charge >= 0.3 is 0 Å². The number of hydrogen-bond acceptors (Lipinski definition) is 4. The Labute approximate surface area is 80.2 Å². The Kier molecular flexibility index (Phi) is 2.31. The fourth-order valence-corrected chi connectivity index (χ4v) is 1.09. The number of pyridine rings is 1. The van der Waals surface area contributed by atoms with Crippen molar-refractivity contribution in [3.05, 3.63) is 42.0 Å². The van der Waals surface area contributed by atoms with Crippen LogP contribution in [0.4, 0.5) is 0 Å². The van der Waals surface area contributed by atoms with Crippen molar-refractivity contribution in [3.8, 4) is 0 Å². The number of nitrogens with one attached hydrogen (secondary N) is 1. The number of nitrogens with zero attached hydrogens (tertiary/aromatic N) is 3. The predicted octanol–water partition coefficient (Wildman–Crippen LogP) is 0.625. The number of aromatic amines is 1. The third-order valence-electron chi connectivity index (χ3n) is 1.77. The van der Waals surface area contributed by atoms with Gasteiger partial charge in [0.15, 0.2) is 5.78 Å². The van der Waals surface area contributed by atoms with Gasteiger partial charge in [0, 0.05) is 11.9 Å². The van der Waals surface area contributed by atoms with Crippen LogP contribution in [-0.2, 0) is 6.42 Å². The Balaban J connectivity index is 2.10. The summed E-state index contributed by atoms with van der Waals surface area (Å²) in [4.78, 5) is 15.6. The molecule has 0 bridgehead atoms. The van der Waals surface area contributed by atoms with Gasteiger partial charge in [-0.3, -0.25) is 9.78 Å². The molecule has 2 heterocycles. The standard InChI is InChI=1S/C9H8N4O/c14-9(8-6-11-13-12-8)5-7-3-1-2-4-10-7/h1-4,6H,5H2,(H,11,12,13). The molecule has 0 fully saturated rings. The Morgan fingerprint density at radius 1 is 1.43 bits per heavy atom. The Morgan fingerprint density at radius 2 is 2.36 bits per heavy atom. The fourth-order valence-electron chi connectivity index (χ4n) is 1.09. The number of Topliss-reactive ketones (excluding diaryl/α,β-unsaturated/α-hetero) is 1. The second kappa shape index (κ2) is 3.78. The molecule has 0 aliphatic carbocycles. The van der Waals surface area contributed by atoms with Gasteiger partial charge in [-0.25, -0.2) is 0 Å². The summed E-state index contributed by atoms with van der Waals surface area (Å²) in [7, 11) is 0. The molecule has 5 heteroatoms. The van der Waals surface area contributed by atoms with Crippen LogP contribution in [-0.4, -0.2) is 26.2 Å². The van der Waals surface area contributed by atoms with E-state index in [1.807, 2.05) is 12.1 Å². The molecule has 0 radical (unpaired) electrons. The van der Waals surface area contributed by atoms with Crippen molar-refractivity contribution in [2.45, 2.75) is 6.42 Å². The fraction of sp³-hybridized carbons (Fsp3) is 0.111. The summed E-state index contributed by atoms with van der Waals surface area (Å²) in [6, 6.07) is 5.46. The SMILES string of the molecule is O=C(Cc1ccccn1)c1cn[nH]n1. The first kappa shape index (κ1) is 8.55. The smallest absolute Gasteiger partial charge is 0.190 e. The molecular formula is C9H8N4O. The number of H-pyrrole nitrogens is 1. The highest BCUT2D eigenvalue weighted by molar-refractivity contribution is 5.95. The van der Waals surface area contributed by atoms with Crippen molar-refractivity contribution in [1.82, 2.24) is 20.4 Å². The molecule has 2 rings (SSSR count). The van der Waals surface area contributed by atoms with Gasteiger partial charge < -0.3 is 0 Å². The van der Waals surface area contributed by atoms with Crippen molar-refractivity contribution in [1.29, 1.82) is 0 Å². The number of aromatic nitrogens is 4. The summed E-state index contributed by atoms with van der Waals surface area (Å²) in [5, 5.41) is 9.66. The van der Waals surface area contributed by atoms with E-state index in [1.54, 1.807) is 12.3 Å². The molecular weight excluding hydrogens is 180 g/mol. The molecule has 5 nitrogen and oxygen atoms in total. The van der Waals surface area contributed by atoms with Crippen molar-refractivity contribution in [2.75, 3.05) is 0 Å². The molecule has 0 saturated heterocycles. The first-order valence-electron chi connectivity index (χ1n) is 4.15. The van der Waals surface area contributed by atoms with E-state index in [9.17, 15) is 4.79 Å². The van der Waals surface area contributed by atoms with Gasteiger partial charge in [-0.2, -0.15) is 15.4 Å². The van der Waals surface area contributed by atoms with E-state index < -0.39 is 0 Å². The van der Waals surface area contributed by atoms with Crippen molar-refractivity contribution in [2.24, 2.45) is 0 Å². The maximum Gasteiger partial charge on any atom is 0.190 e. The third kappa shape index (κ3) is 1.82. The minimum Gasteiger partial charge on any atom is -0.292 e. The van der Waals surface area contributed by atoms with Crippen LogP contribution in [0.1, 0.15) is 16.2 Å².